The molecule has 3 aliphatic rings. The number of nitriles is 1. The first-order chi connectivity index (χ1) is 16.6. The van der Waals surface area contributed by atoms with E-state index in [-0.39, 0.29) is 29.0 Å². The maximum atomic E-state index is 15.2. The number of nitrogens with one attached hydrogen (secondary N) is 1. The maximum Gasteiger partial charge on any atom is 0.245 e. The molecule has 7 heteroatoms. The smallest absolute Gasteiger partial charge is 0.245 e. The Hall–Kier alpha value is -4.44. The minimum Gasteiger partial charge on any atom is -0.324 e. The van der Waals surface area contributed by atoms with Crippen molar-refractivity contribution < 1.29 is 14.0 Å². The first-order valence-corrected chi connectivity index (χ1v) is 11.1. The van der Waals surface area contributed by atoms with E-state index in [0.29, 0.717) is 35.6 Å². The summed E-state index contributed by atoms with van der Waals surface area (Å²) in [5.41, 5.74) is 0.659. The maximum absolute atomic E-state index is 15.2. The van der Waals surface area contributed by atoms with Gasteiger partial charge in [-0.05, 0) is 43.2 Å². The number of carbonyl (C=O) groups excluding carboxylic acids is 2. The normalized spacial score (nSPS) is 21.5. The minimum absolute atomic E-state index is 0.0865. The number of halogens is 1. The number of anilines is 2. The summed E-state index contributed by atoms with van der Waals surface area (Å²) in [4.78, 5) is 29.0. The van der Waals surface area contributed by atoms with Gasteiger partial charge in [0.2, 0.25) is 5.91 Å². The van der Waals surface area contributed by atoms with Crippen molar-refractivity contribution >= 4 is 28.9 Å². The van der Waals surface area contributed by atoms with Gasteiger partial charge in [-0.15, -0.1) is 0 Å². The Morgan fingerprint density at radius 1 is 0.971 bits per heavy atom. The summed E-state index contributed by atoms with van der Waals surface area (Å²) >= 11 is 0. The second kappa shape index (κ2) is 7.29. The van der Waals surface area contributed by atoms with Crippen molar-refractivity contribution in [3.63, 3.8) is 0 Å². The van der Waals surface area contributed by atoms with Gasteiger partial charge in [0.25, 0.3) is 0 Å². The summed E-state index contributed by atoms with van der Waals surface area (Å²) in [5, 5.41) is 13.5. The van der Waals surface area contributed by atoms with Crippen LogP contribution in [0.1, 0.15) is 24.8 Å². The average molecular weight is 450 g/mol. The van der Waals surface area contributed by atoms with E-state index in [1.54, 1.807) is 76.5 Å². The number of nitrogens with zero attached hydrogens (tertiary/aromatic N) is 3. The summed E-state index contributed by atoms with van der Waals surface area (Å²) in [7, 11) is 0. The molecule has 0 bridgehead atoms. The topological polar surface area (TPSA) is 78.1 Å². The lowest BCUT2D eigenvalue weighted by atomic mass is 9.63. The number of fused-ring (bicyclic) bond motifs is 3. The Kier molecular flexibility index (Phi) is 4.33. The number of Topliss-reactive ketones (excluding diaryl/α,β-unsaturated/α-hetero) is 1. The molecule has 0 unspecified atom stereocenters. The number of amides is 1. The van der Waals surface area contributed by atoms with E-state index in [0.717, 1.165) is 0 Å². The molecule has 1 atom stereocenters. The molecule has 1 aliphatic carbocycles. The summed E-state index contributed by atoms with van der Waals surface area (Å²) in [6.45, 7) is 0. The van der Waals surface area contributed by atoms with Gasteiger partial charge in [-0.25, -0.2) is 4.39 Å². The van der Waals surface area contributed by atoms with Gasteiger partial charge in [-0.1, -0.05) is 30.3 Å². The largest absolute Gasteiger partial charge is 0.324 e. The molecule has 0 saturated heterocycles. The monoisotopic (exact) mass is 450 g/mol. The number of aromatic nitrogens is 1. The van der Waals surface area contributed by atoms with Crippen LogP contribution in [0.25, 0.3) is 5.82 Å². The highest BCUT2D eigenvalue weighted by Gasteiger charge is 2.60. The van der Waals surface area contributed by atoms with Gasteiger partial charge in [0.05, 0.1) is 11.3 Å². The zero-order valence-electron chi connectivity index (χ0n) is 18.1. The molecule has 166 valence electrons. The SMILES string of the molecule is N#CC1=C(n2cccc2)N(c2ccccc2F)C2=C(C(=O)CCC2)[C@]12C(=O)Nc1ccccc12. The van der Waals surface area contributed by atoms with Crippen LogP contribution in [0.3, 0.4) is 0 Å². The van der Waals surface area contributed by atoms with Gasteiger partial charge >= 0.3 is 0 Å². The molecule has 3 aromatic rings. The number of carbonyl (C=O) groups is 2. The van der Waals surface area contributed by atoms with Crippen molar-refractivity contribution in [2.75, 3.05) is 10.2 Å². The van der Waals surface area contributed by atoms with Crippen molar-refractivity contribution in [3.05, 3.63) is 101 Å². The fourth-order valence-corrected chi connectivity index (χ4v) is 5.51. The number of allylic oxidation sites excluding steroid dienone is 1. The predicted octanol–water partition coefficient (Wildman–Crippen LogP) is 4.74. The van der Waals surface area contributed by atoms with E-state index in [4.69, 9.17) is 0 Å². The van der Waals surface area contributed by atoms with Gasteiger partial charge in [0.15, 0.2) is 5.78 Å². The molecule has 2 aliphatic heterocycles. The van der Waals surface area contributed by atoms with Crippen LogP contribution in [0.15, 0.2) is 89.9 Å². The van der Waals surface area contributed by atoms with Crippen LogP contribution >= 0.6 is 0 Å². The van der Waals surface area contributed by atoms with E-state index in [1.807, 2.05) is 0 Å². The Bertz CT molecular complexity index is 1480. The zero-order chi connectivity index (χ0) is 23.4. The molecule has 34 heavy (non-hydrogen) atoms. The molecule has 0 radical (unpaired) electrons. The lowest BCUT2D eigenvalue weighted by Gasteiger charge is -2.44. The minimum atomic E-state index is -1.60. The van der Waals surface area contributed by atoms with Crippen LogP contribution in [-0.2, 0) is 15.0 Å². The summed E-state index contributed by atoms with van der Waals surface area (Å²) < 4.78 is 16.9. The fourth-order valence-electron chi connectivity index (χ4n) is 5.51. The van der Waals surface area contributed by atoms with E-state index in [1.165, 1.54) is 6.07 Å². The molecule has 6 nitrogen and oxygen atoms in total. The van der Waals surface area contributed by atoms with Gasteiger partial charge in [-0.3, -0.25) is 14.5 Å². The van der Waals surface area contributed by atoms with Gasteiger partial charge in [0, 0.05) is 41.3 Å². The third-order valence-corrected chi connectivity index (χ3v) is 6.81. The van der Waals surface area contributed by atoms with E-state index < -0.39 is 17.1 Å². The Morgan fingerprint density at radius 3 is 2.47 bits per heavy atom. The van der Waals surface area contributed by atoms with Crippen molar-refractivity contribution in [1.82, 2.24) is 4.57 Å². The molecule has 1 N–H and O–H groups in total. The number of hydrogen-bond acceptors (Lipinski definition) is 4. The molecule has 1 amide bonds. The predicted molar refractivity (Wildman–Crippen MR) is 125 cm³/mol. The number of para-hydroxylation sites is 2. The van der Waals surface area contributed by atoms with Crippen LogP contribution in [-0.4, -0.2) is 16.3 Å². The van der Waals surface area contributed by atoms with Gasteiger partial charge < -0.3 is 9.88 Å². The number of ketones is 1. The Morgan fingerprint density at radius 2 is 1.71 bits per heavy atom. The first-order valence-electron chi connectivity index (χ1n) is 11.1. The number of benzene rings is 2. The van der Waals surface area contributed by atoms with Crippen molar-refractivity contribution in [1.29, 1.82) is 5.26 Å². The molecule has 1 spiro atoms. The lowest BCUT2D eigenvalue weighted by Crippen LogP contribution is -2.49. The van der Waals surface area contributed by atoms with Crippen LogP contribution in [0.5, 0.6) is 0 Å². The van der Waals surface area contributed by atoms with Gasteiger partial charge in [-0.2, -0.15) is 5.26 Å². The summed E-state index contributed by atoms with van der Waals surface area (Å²) in [6.07, 6.45) is 4.81. The lowest BCUT2D eigenvalue weighted by molar-refractivity contribution is -0.122. The number of hydrogen-bond donors (Lipinski definition) is 1. The van der Waals surface area contributed by atoms with Crippen LogP contribution in [0.4, 0.5) is 15.8 Å². The Labute approximate surface area is 195 Å². The second-order valence-electron chi connectivity index (χ2n) is 8.54. The molecule has 1 aromatic heterocycles. The Balaban J connectivity index is 1.80. The van der Waals surface area contributed by atoms with E-state index in [2.05, 4.69) is 11.4 Å². The molecule has 3 heterocycles. The van der Waals surface area contributed by atoms with Crippen molar-refractivity contribution in [2.45, 2.75) is 24.7 Å². The molecular weight excluding hydrogens is 431 g/mol. The van der Waals surface area contributed by atoms with E-state index in [9.17, 15) is 14.9 Å². The van der Waals surface area contributed by atoms with Crippen molar-refractivity contribution in [3.8, 4) is 6.07 Å². The third-order valence-electron chi connectivity index (χ3n) is 6.81. The summed E-state index contributed by atoms with van der Waals surface area (Å²) in [6, 6.07) is 19.3. The summed E-state index contributed by atoms with van der Waals surface area (Å²) in [5.74, 6) is -0.779. The molecular formula is C27H19FN4O2. The average Bonchev–Trinajstić information content (AvgIpc) is 3.47. The second-order valence-corrected chi connectivity index (χ2v) is 8.54. The first kappa shape index (κ1) is 20.2. The highest BCUT2D eigenvalue weighted by atomic mass is 19.1. The van der Waals surface area contributed by atoms with Crippen LogP contribution in [0, 0.1) is 17.1 Å². The zero-order valence-corrected chi connectivity index (χ0v) is 18.1. The quantitative estimate of drug-likeness (QED) is 0.612. The number of rotatable bonds is 2. The van der Waals surface area contributed by atoms with Crippen LogP contribution in [0.2, 0.25) is 0 Å². The molecule has 2 aromatic carbocycles. The van der Waals surface area contributed by atoms with Crippen molar-refractivity contribution in [2.24, 2.45) is 0 Å². The van der Waals surface area contributed by atoms with Gasteiger partial charge in [0.1, 0.15) is 23.1 Å². The van der Waals surface area contributed by atoms with Crippen LogP contribution < -0.4 is 10.2 Å². The molecule has 0 fully saturated rings. The standard InChI is InChI=1S/C27H19FN4O2/c28-19-9-2-4-11-21(19)32-22-12-7-13-23(33)24(22)27(17-8-1-3-10-20(17)30-26(27)34)18(16-29)25(32)31-14-5-6-15-31/h1-6,8-11,14-15H,7,12-13H2,(H,30,34)/t27-/m1/s1. The molecule has 0 saturated carbocycles. The highest BCUT2D eigenvalue weighted by molar-refractivity contribution is 6.21. The molecule has 6 rings (SSSR count). The third kappa shape index (κ3) is 2.48. The fraction of sp³-hybridized carbons (Fsp3) is 0.148. The van der Waals surface area contributed by atoms with E-state index >= 15 is 4.39 Å². The highest BCUT2D eigenvalue weighted by Crippen LogP contribution is 2.56.